The molecule has 1 aliphatic carbocycles. The smallest absolute Gasteiger partial charge is 0.227 e. The second-order valence-corrected chi connectivity index (χ2v) is 8.91. The van der Waals surface area contributed by atoms with Crippen LogP contribution in [0.15, 0.2) is 36.8 Å². The van der Waals surface area contributed by atoms with E-state index in [0.29, 0.717) is 18.0 Å². The van der Waals surface area contributed by atoms with Crippen LogP contribution in [-0.4, -0.2) is 56.9 Å². The highest BCUT2D eigenvalue weighted by atomic mass is 16.5. The molecule has 0 spiro atoms. The minimum atomic E-state index is 0.199. The lowest BCUT2D eigenvalue weighted by Gasteiger charge is -2.28. The van der Waals surface area contributed by atoms with E-state index in [9.17, 15) is 0 Å². The summed E-state index contributed by atoms with van der Waals surface area (Å²) in [5, 5.41) is 8.85. The quantitative estimate of drug-likeness (QED) is 0.651. The summed E-state index contributed by atoms with van der Waals surface area (Å²) in [7, 11) is 2.17. The van der Waals surface area contributed by atoms with Gasteiger partial charge in [0.15, 0.2) is 0 Å². The molecule has 0 amide bonds. The van der Waals surface area contributed by atoms with Crippen LogP contribution >= 0.6 is 0 Å². The summed E-state index contributed by atoms with van der Waals surface area (Å²) < 4.78 is 8.39. The summed E-state index contributed by atoms with van der Waals surface area (Å²) in [6, 6.07) is 6.76. The van der Waals surface area contributed by atoms with Gasteiger partial charge in [0.1, 0.15) is 11.3 Å². The Kier molecular flexibility index (Phi) is 5.74. The summed E-state index contributed by atoms with van der Waals surface area (Å²) in [6.45, 7) is 2.22. The van der Waals surface area contributed by atoms with Gasteiger partial charge in [0.25, 0.3) is 0 Å². The molecular weight excluding hydrogens is 390 g/mol. The first-order chi connectivity index (χ1) is 15.1. The van der Waals surface area contributed by atoms with Gasteiger partial charge in [0.05, 0.1) is 24.0 Å². The van der Waals surface area contributed by atoms with Crippen molar-refractivity contribution in [3.05, 3.63) is 36.8 Å². The van der Waals surface area contributed by atoms with Crippen molar-refractivity contribution in [1.82, 2.24) is 24.6 Å². The molecule has 2 aliphatic rings. The third-order valence-electron chi connectivity index (χ3n) is 6.51. The molecular formula is C23H31N7O. The van der Waals surface area contributed by atoms with E-state index in [2.05, 4.69) is 38.2 Å². The van der Waals surface area contributed by atoms with Gasteiger partial charge in [-0.05, 0) is 64.7 Å². The molecule has 2 aromatic heterocycles. The van der Waals surface area contributed by atoms with Gasteiger partial charge in [-0.15, -0.1) is 0 Å². The number of fused-ring (bicyclic) bond motifs is 1. The van der Waals surface area contributed by atoms with Crippen molar-refractivity contribution in [2.75, 3.05) is 25.5 Å². The van der Waals surface area contributed by atoms with Crippen LogP contribution in [-0.2, 0) is 0 Å². The van der Waals surface area contributed by atoms with Crippen LogP contribution in [0.3, 0.4) is 0 Å². The first-order valence-corrected chi connectivity index (χ1v) is 11.3. The maximum Gasteiger partial charge on any atom is 0.227 e. The number of benzene rings is 1. The molecule has 1 aliphatic heterocycles. The SMILES string of the molecule is CN1CCC(n2cc(Nc3ncc4cccc(OC5CCC(N)CC5)c4n3)cn2)CC1. The Labute approximate surface area is 182 Å². The second-order valence-electron chi connectivity index (χ2n) is 8.91. The second kappa shape index (κ2) is 8.80. The molecule has 3 heterocycles. The fraction of sp³-hybridized carbons (Fsp3) is 0.522. The Morgan fingerprint density at radius 1 is 1.06 bits per heavy atom. The molecule has 3 N–H and O–H groups in total. The summed E-state index contributed by atoms with van der Waals surface area (Å²) >= 11 is 0. The molecule has 3 aromatic rings. The van der Waals surface area contributed by atoms with Crippen molar-refractivity contribution in [2.24, 2.45) is 5.73 Å². The summed E-state index contributed by atoms with van der Waals surface area (Å²) in [5.74, 6) is 1.36. The number of anilines is 2. The van der Waals surface area contributed by atoms with Gasteiger partial charge in [-0.3, -0.25) is 4.68 Å². The van der Waals surface area contributed by atoms with Gasteiger partial charge in [-0.2, -0.15) is 5.10 Å². The van der Waals surface area contributed by atoms with Gasteiger partial charge in [0, 0.05) is 23.8 Å². The zero-order valence-electron chi connectivity index (χ0n) is 18.1. The maximum absolute atomic E-state index is 6.32. The first kappa shape index (κ1) is 20.2. The topological polar surface area (TPSA) is 94.1 Å². The lowest BCUT2D eigenvalue weighted by Crippen LogP contribution is -2.31. The monoisotopic (exact) mass is 421 g/mol. The molecule has 8 heteroatoms. The number of nitrogens with zero attached hydrogens (tertiary/aromatic N) is 5. The van der Waals surface area contributed by atoms with E-state index >= 15 is 0 Å². The summed E-state index contributed by atoms with van der Waals surface area (Å²) in [6.07, 6.45) is 12.2. The number of ether oxygens (including phenoxy) is 1. The molecule has 1 aromatic carbocycles. The molecule has 0 unspecified atom stereocenters. The molecule has 164 valence electrons. The van der Waals surface area contributed by atoms with Crippen molar-refractivity contribution in [2.45, 2.75) is 56.7 Å². The molecule has 5 rings (SSSR count). The minimum Gasteiger partial charge on any atom is -0.488 e. The fourth-order valence-corrected chi connectivity index (χ4v) is 4.56. The lowest BCUT2D eigenvalue weighted by molar-refractivity contribution is 0.149. The summed E-state index contributed by atoms with van der Waals surface area (Å²) in [5.41, 5.74) is 7.77. The van der Waals surface area contributed by atoms with Crippen LogP contribution in [0, 0.1) is 0 Å². The van der Waals surface area contributed by atoms with Crippen LogP contribution in [0.2, 0.25) is 0 Å². The van der Waals surface area contributed by atoms with Gasteiger partial charge in [-0.1, -0.05) is 12.1 Å². The molecule has 8 nitrogen and oxygen atoms in total. The fourth-order valence-electron chi connectivity index (χ4n) is 4.56. The highest BCUT2D eigenvalue weighted by molar-refractivity contribution is 5.84. The number of piperidine rings is 1. The Morgan fingerprint density at radius 2 is 1.87 bits per heavy atom. The number of aromatic nitrogens is 4. The predicted molar refractivity (Wildman–Crippen MR) is 122 cm³/mol. The van der Waals surface area contributed by atoms with E-state index in [1.807, 2.05) is 30.6 Å². The van der Waals surface area contributed by atoms with Gasteiger partial charge < -0.3 is 20.7 Å². The Morgan fingerprint density at radius 3 is 2.68 bits per heavy atom. The third-order valence-corrected chi connectivity index (χ3v) is 6.51. The zero-order chi connectivity index (χ0) is 21.2. The van der Waals surface area contributed by atoms with Crippen molar-refractivity contribution >= 4 is 22.5 Å². The van der Waals surface area contributed by atoms with E-state index < -0.39 is 0 Å². The Bertz CT molecular complexity index is 1020. The molecule has 2 fully saturated rings. The molecule has 31 heavy (non-hydrogen) atoms. The van der Waals surface area contributed by atoms with E-state index in [1.165, 1.54) is 0 Å². The molecule has 0 radical (unpaired) electrons. The Balaban J connectivity index is 1.31. The van der Waals surface area contributed by atoms with E-state index in [4.69, 9.17) is 15.5 Å². The normalized spacial score (nSPS) is 23.2. The standard InChI is InChI=1S/C23H31N7O/c1-29-11-9-19(10-12-29)30-15-18(14-26-30)27-23-25-13-16-3-2-4-21(22(16)28-23)31-20-7-5-17(24)6-8-20/h2-4,13-15,17,19-20H,5-12,24H2,1H3,(H,25,27,28). The van der Waals surface area contributed by atoms with Crippen molar-refractivity contribution in [3.8, 4) is 5.75 Å². The maximum atomic E-state index is 6.32. The molecule has 1 saturated heterocycles. The van der Waals surface area contributed by atoms with Crippen molar-refractivity contribution in [1.29, 1.82) is 0 Å². The van der Waals surface area contributed by atoms with E-state index in [1.54, 1.807) is 0 Å². The average molecular weight is 422 g/mol. The van der Waals surface area contributed by atoms with Gasteiger partial charge >= 0.3 is 0 Å². The van der Waals surface area contributed by atoms with Crippen LogP contribution < -0.4 is 15.8 Å². The van der Waals surface area contributed by atoms with Crippen LogP contribution in [0.25, 0.3) is 10.9 Å². The number of rotatable bonds is 5. The molecule has 0 bridgehead atoms. The van der Waals surface area contributed by atoms with E-state index in [0.717, 1.165) is 74.0 Å². The number of hydrogen-bond donors (Lipinski definition) is 2. The number of para-hydroxylation sites is 1. The van der Waals surface area contributed by atoms with Gasteiger partial charge in [-0.25, -0.2) is 9.97 Å². The predicted octanol–water partition coefficient (Wildman–Crippen LogP) is 3.49. The number of nitrogens with one attached hydrogen (secondary N) is 1. The number of hydrogen-bond acceptors (Lipinski definition) is 7. The van der Waals surface area contributed by atoms with Crippen LogP contribution in [0.1, 0.15) is 44.6 Å². The Hall–Kier alpha value is -2.71. The third kappa shape index (κ3) is 4.65. The van der Waals surface area contributed by atoms with Crippen molar-refractivity contribution < 1.29 is 4.74 Å². The zero-order valence-corrected chi connectivity index (χ0v) is 18.1. The van der Waals surface area contributed by atoms with Gasteiger partial charge in [0.2, 0.25) is 5.95 Å². The largest absolute Gasteiger partial charge is 0.488 e. The van der Waals surface area contributed by atoms with Crippen molar-refractivity contribution in [3.63, 3.8) is 0 Å². The van der Waals surface area contributed by atoms with Crippen LogP contribution in [0.4, 0.5) is 11.6 Å². The van der Waals surface area contributed by atoms with Crippen LogP contribution in [0.5, 0.6) is 5.75 Å². The minimum absolute atomic E-state index is 0.199. The lowest BCUT2D eigenvalue weighted by atomic mass is 9.94. The highest BCUT2D eigenvalue weighted by Crippen LogP contribution is 2.29. The molecule has 0 atom stereocenters. The average Bonchev–Trinajstić information content (AvgIpc) is 3.25. The van der Waals surface area contributed by atoms with E-state index in [-0.39, 0.29) is 6.10 Å². The molecule has 1 saturated carbocycles. The summed E-state index contributed by atoms with van der Waals surface area (Å²) in [4.78, 5) is 11.6. The number of likely N-dealkylation sites (tertiary alicyclic amines) is 1. The first-order valence-electron chi connectivity index (χ1n) is 11.3. The highest BCUT2D eigenvalue weighted by Gasteiger charge is 2.21. The number of nitrogens with two attached hydrogens (primary N) is 1.